The van der Waals surface area contributed by atoms with Crippen molar-refractivity contribution in [3.8, 4) is 5.75 Å². The highest BCUT2D eigenvalue weighted by Gasteiger charge is 2.18. The first kappa shape index (κ1) is 16.8. The van der Waals surface area contributed by atoms with Crippen molar-refractivity contribution in [3.05, 3.63) is 66.1 Å². The first-order valence-electron chi connectivity index (χ1n) is 8.02. The number of carbonyl (C=O) groups is 1. The maximum Gasteiger partial charge on any atom is 0.287 e. The number of benzene rings is 1. The van der Waals surface area contributed by atoms with Gasteiger partial charge in [-0.3, -0.25) is 9.48 Å². The van der Waals surface area contributed by atoms with E-state index in [-0.39, 0.29) is 18.6 Å². The number of carbonyl (C=O) groups excluding carboxylic acids is 1. The van der Waals surface area contributed by atoms with Crippen molar-refractivity contribution in [2.75, 3.05) is 0 Å². The number of nitrogens with zero attached hydrogens (tertiary/aromatic N) is 3. The SMILES string of the molecule is Cc1cc(COc2ccccc2)oc1C(=O)N[C@@H](C)Cn1cncn1. The van der Waals surface area contributed by atoms with Crippen LogP contribution in [0.3, 0.4) is 0 Å². The zero-order valence-corrected chi connectivity index (χ0v) is 14.2. The fourth-order valence-electron chi connectivity index (χ4n) is 2.46. The lowest BCUT2D eigenvalue weighted by Gasteiger charge is -2.12. The largest absolute Gasteiger partial charge is 0.486 e. The van der Waals surface area contributed by atoms with Gasteiger partial charge in [0.1, 0.15) is 30.8 Å². The molecule has 3 rings (SSSR count). The summed E-state index contributed by atoms with van der Waals surface area (Å²) in [4.78, 5) is 16.3. The Bertz CT molecular complexity index is 812. The minimum atomic E-state index is -0.254. The summed E-state index contributed by atoms with van der Waals surface area (Å²) in [5.41, 5.74) is 0.775. The summed E-state index contributed by atoms with van der Waals surface area (Å²) in [6.45, 7) is 4.55. The average molecular weight is 340 g/mol. The molecule has 0 radical (unpaired) electrons. The Morgan fingerprint density at radius 3 is 2.88 bits per heavy atom. The first-order valence-corrected chi connectivity index (χ1v) is 8.02. The minimum absolute atomic E-state index is 0.109. The standard InChI is InChI=1S/C18H20N4O3/c1-13-8-16(10-24-15-6-4-3-5-7-15)25-17(13)18(23)21-14(2)9-22-12-19-11-20-22/h3-8,11-12,14H,9-10H2,1-2H3,(H,21,23)/t14-/m0/s1. The zero-order valence-electron chi connectivity index (χ0n) is 14.2. The van der Waals surface area contributed by atoms with Crippen LogP contribution in [-0.4, -0.2) is 26.7 Å². The number of amides is 1. The molecule has 1 atom stereocenters. The highest BCUT2D eigenvalue weighted by Crippen LogP contribution is 2.17. The van der Waals surface area contributed by atoms with Crippen LogP contribution >= 0.6 is 0 Å². The lowest BCUT2D eigenvalue weighted by Crippen LogP contribution is -2.35. The topological polar surface area (TPSA) is 82.2 Å². The second-order valence-corrected chi connectivity index (χ2v) is 5.82. The van der Waals surface area contributed by atoms with Crippen LogP contribution in [0.5, 0.6) is 5.75 Å². The van der Waals surface area contributed by atoms with Crippen LogP contribution in [-0.2, 0) is 13.2 Å². The third kappa shape index (κ3) is 4.47. The van der Waals surface area contributed by atoms with Crippen molar-refractivity contribution >= 4 is 5.91 Å². The van der Waals surface area contributed by atoms with Gasteiger partial charge in [-0.05, 0) is 32.0 Å². The van der Waals surface area contributed by atoms with Crippen LogP contribution in [0.2, 0.25) is 0 Å². The molecule has 0 unspecified atom stereocenters. The maximum atomic E-state index is 12.4. The Morgan fingerprint density at radius 1 is 1.36 bits per heavy atom. The molecule has 7 nitrogen and oxygen atoms in total. The molecule has 0 aliphatic carbocycles. The van der Waals surface area contributed by atoms with E-state index in [0.717, 1.165) is 11.3 Å². The van der Waals surface area contributed by atoms with Gasteiger partial charge in [-0.2, -0.15) is 5.10 Å². The highest BCUT2D eigenvalue weighted by molar-refractivity contribution is 5.93. The van der Waals surface area contributed by atoms with Crippen LogP contribution in [0.25, 0.3) is 0 Å². The van der Waals surface area contributed by atoms with E-state index in [1.165, 1.54) is 6.33 Å². The lowest BCUT2D eigenvalue weighted by atomic mass is 10.2. The van der Waals surface area contributed by atoms with Gasteiger partial charge in [0, 0.05) is 11.6 Å². The number of furan rings is 1. The van der Waals surface area contributed by atoms with Gasteiger partial charge in [-0.25, -0.2) is 4.98 Å². The second-order valence-electron chi connectivity index (χ2n) is 5.82. The van der Waals surface area contributed by atoms with E-state index in [9.17, 15) is 4.79 Å². The van der Waals surface area contributed by atoms with Crippen molar-refractivity contribution in [2.24, 2.45) is 0 Å². The Kier molecular flexibility index (Phi) is 5.13. The third-order valence-corrected chi connectivity index (χ3v) is 3.60. The van der Waals surface area contributed by atoms with Crippen LogP contribution in [0.1, 0.15) is 28.8 Å². The molecular formula is C18H20N4O3. The molecule has 1 amide bonds. The summed E-state index contributed by atoms with van der Waals surface area (Å²) in [5, 5.41) is 6.93. The van der Waals surface area contributed by atoms with Gasteiger partial charge in [0.25, 0.3) is 5.91 Å². The Balaban J connectivity index is 1.58. The predicted octanol–water partition coefficient (Wildman–Crippen LogP) is 2.58. The molecule has 3 aromatic rings. The predicted molar refractivity (Wildman–Crippen MR) is 91.2 cm³/mol. The number of hydrogen-bond acceptors (Lipinski definition) is 5. The summed E-state index contributed by atoms with van der Waals surface area (Å²) in [7, 11) is 0. The number of nitrogens with one attached hydrogen (secondary N) is 1. The fraction of sp³-hybridized carbons (Fsp3) is 0.278. The number of para-hydroxylation sites is 1. The van der Waals surface area contributed by atoms with E-state index in [1.807, 2.05) is 50.2 Å². The van der Waals surface area contributed by atoms with Crippen molar-refractivity contribution in [1.29, 1.82) is 0 Å². The summed E-state index contributed by atoms with van der Waals surface area (Å²) < 4.78 is 13.0. The molecule has 2 aromatic heterocycles. The molecule has 2 heterocycles. The molecule has 0 aliphatic rings. The van der Waals surface area contributed by atoms with E-state index in [2.05, 4.69) is 15.4 Å². The van der Waals surface area contributed by atoms with E-state index >= 15 is 0 Å². The van der Waals surface area contributed by atoms with Gasteiger partial charge in [0.15, 0.2) is 5.76 Å². The molecular weight excluding hydrogens is 320 g/mol. The number of rotatable bonds is 7. The normalized spacial score (nSPS) is 11.9. The summed E-state index contributed by atoms with van der Waals surface area (Å²) in [6.07, 6.45) is 3.07. The number of hydrogen-bond donors (Lipinski definition) is 1. The molecule has 1 N–H and O–H groups in total. The van der Waals surface area contributed by atoms with Gasteiger partial charge < -0.3 is 14.5 Å². The second kappa shape index (κ2) is 7.65. The van der Waals surface area contributed by atoms with Gasteiger partial charge in [-0.1, -0.05) is 18.2 Å². The summed E-state index contributed by atoms with van der Waals surface area (Å²) >= 11 is 0. The van der Waals surface area contributed by atoms with Gasteiger partial charge in [-0.15, -0.1) is 0 Å². The van der Waals surface area contributed by atoms with E-state index in [4.69, 9.17) is 9.15 Å². The van der Waals surface area contributed by atoms with Gasteiger partial charge in [0.2, 0.25) is 0 Å². The van der Waals surface area contributed by atoms with Crippen molar-refractivity contribution in [2.45, 2.75) is 33.0 Å². The summed E-state index contributed by atoms with van der Waals surface area (Å²) in [5.74, 6) is 1.41. The van der Waals surface area contributed by atoms with Crippen LogP contribution < -0.4 is 10.1 Å². The van der Waals surface area contributed by atoms with Gasteiger partial charge in [0.05, 0.1) is 6.54 Å². The molecule has 7 heteroatoms. The lowest BCUT2D eigenvalue weighted by molar-refractivity contribution is 0.0903. The molecule has 0 bridgehead atoms. The average Bonchev–Trinajstić information content (AvgIpc) is 3.23. The van der Waals surface area contributed by atoms with Crippen molar-refractivity contribution in [1.82, 2.24) is 20.1 Å². The van der Waals surface area contributed by atoms with Gasteiger partial charge >= 0.3 is 0 Å². The first-order chi connectivity index (χ1) is 12.1. The molecule has 25 heavy (non-hydrogen) atoms. The quantitative estimate of drug-likeness (QED) is 0.715. The molecule has 0 saturated heterocycles. The molecule has 0 spiro atoms. The van der Waals surface area contributed by atoms with Crippen molar-refractivity contribution < 1.29 is 13.9 Å². The summed E-state index contributed by atoms with van der Waals surface area (Å²) in [6, 6.07) is 11.2. The van der Waals surface area contributed by atoms with Crippen LogP contribution in [0, 0.1) is 6.92 Å². The Hall–Kier alpha value is -3.09. The van der Waals surface area contributed by atoms with Crippen LogP contribution in [0.15, 0.2) is 53.5 Å². The number of aromatic nitrogens is 3. The molecule has 1 aromatic carbocycles. The number of aryl methyl sites for hydroxylation is 1. The fourth-order valence-corrected chi connectivity index (χ4v) is 2.46. The smallest absolute Gasteiger partial charge is 0.287 e. The van der Waals surface area contributed by atoms with E-state index < -0.39 is 0 Å². The van der Waals surface area contributed by atoms with E-state index in [0.29, 0.717) is 18.1 Å². The van der Waals surface area contributed by atoms with Crippen molar-refractivity contribution in [3.63, 3.8) is 0 Å². The molecule has 0 aliphatic heterocycles. The molecule has 0 fully saturated rings. The number of ether oxygens (including phenoxy) is 1. The zero-order chi connectivity index (χ0) is 17.6. The Labute approximate surface area is 145 Å². The molecule has 130 valence electrons. The Morgan fingerprint density at radius 2 is 2.16 bits per heavy atom. The highest BCUT2D eigenvalue weighted by atomic mass is 16.5. The maximum absolute atomic E-state index is 12.4. The minimum Gasteiger partial charge on any atom is -0.486 e. The van der Waals surface area contributed by atoms with Crippen LogP contribution in [0.4, 0.5) is 0 Å². The van der Waals surface area contributed by atoms with E-state index in [1.54, 1.807) is 11.0 Å². The third-order valence-electron chi connectivity index (χ3n) is 3.60. The monoisotopic (exact) mass is 340 g/mol. The molecule has 0 saturated carbocycles.